The summed E-state index contributed by atoms with van der Waals surface area (Å²) in [5, 5.41) is 0. The quantitative estimate of drug-likeness (QED) is 0.801. The van der Waals surface area contributed by atoms with E-state index in [2.05, 4.69) is 20.9 Å². The molecule has 2 heterocycles. The van der Waals surface area contributed by atoms with Gasteiger partial charge in [0.15, 0.2) is 0 Å². The Bertz CT molecular complexity index is 389. The van der Waals surface area contributed by atoms with Crippen LogP contribution < -0.4 is 0 Å². The van der Waals surface area contributed by atoms with Crippen LogP contribution in [0.2, 0.25) is 0 Å². The van der Waals surface area contributed by atoms with E-state index in [-0.39, 0.29) is 6.09 Å². The number of hydrogen-bond donors (Lipinski definition) is 0. The van der Waals surface area contributed by atoms with E-state index in [1.54, 1.807) is 22.9 Å². The highest BCUT2D eigenvalue weighted by atomic mass is 79.9. The van der Waals surface area contributed by atoms with Crippen LogP contribution >= 0.6 is 27.7 Å². The second-order valence-electron chi connectivity index (χ2n) is 3.29. The Morgan fingerprint density at radius 1 is 1.56 bits per heavy atom. The first kappa shape index (κ1) is 11.7. The Balaban J connectivity index is 1.77. The smallest absolute Gasteiger partial charge is 0.409 e. The van der Waals surface area contributed by atoms with Crippen molar-refractivity contribution in [3.8, 4) is 0 Å². The SMILES string of the molecule is O=C1OCCN1CCSc1cncc(Br)c1. The van der Waals surface area contributed by atoms with Crippen molar-refractivity contribution < 1.29 is 9.53 Å². The van der Waals surface area contributed by atoms with Crippen LogP contribution in [0.5, 0.6) is 0 Å². The molecular formula is C10H11BrN2O2S. The lowest BCUT2D eigenvalue weighted by molar-refractivity contribution is 0.160. The number of halogens is 1. The van der Waals surface area contributed by atoms with Crippen molar-refractivity contribution in [2.75, 3.05) is 25.4 Å². The maximum absolute atomic E-state index is 11.1. The summed E-state index contributed by atoms with van der Waals surface area (Å²) in [5.41, 5.74) is 0. The van der Waals surface area contributed by atoms with Crippen molar-refractivity contribution in [2.24, 2.45) is 0 Å². The predicted octanol–water partition coefficient (Wildman–Crippen LogP) is 2.39. The average Bonchev–Trinajstić information content (AvgIpc) is 2.65. The third-order valence-corrected chi connectivity index (χ3v) is 3.53. The van der Waals surface area contributed by atoms with E-state index in [0.717, 1.165) is 21.7 Å². The van der Waals surface area contributed by atoms with Crippen molar-refractivity contribution in [2.45, 2.75) is 4.90 Å². The fourth-order valence-electron chi connectivity index (χ4n) is 1.37. The summed E-state index contributed by atoms with van der Waals surface area (Å²) in [6.07, 6.45) is 3.37. The van der Waals surface area contributed by atoms with Crippen molar-refractivity contribution in [1.82, 2.24) is 9.88 Å². The zero-order valence-corrected chi connectivity index (χ0v) is 11.0. The van der Waals surface area contributed by atoms with E-state index in [1.165, 1.54) is 0 Å². The monoisotopic (exact) mass is 302 g/mol. The molecule has 0 N–H and O–H groups in total. The second kappa shape index (κ2) is 5.54. The molecule has 16 heavy (non-hydrogen) atoms. The van der Waals surface area contributed by atoms with Crippen LogP contribution in [0.25, 0.3) is 0 Å². The first-order chi connectivity index (χ1) is 7.75. The number of rotatable bonds is 4. The molecule has 1 amide bonds. The van der Waals surface area contributed by atoms with Crippen LogP contribution in [0.3, 0.4) is 0 Å². The topological polar surface area (TPSA) is 42.4 Å². The minimum atomic E-state index is -0.201. The fourth-order valence-corrected chi connectivity index (χ4v) is 2.78. The van der Waals surface area contributed by atoms with E-state index in [9.17, 15) is 4.79 Å². The molecule has 0 bridgehead atoms. The maximum Gasteiger partial charge on any atom is 0.409 e. The molecule has 0 aliphatic carbocycles. The molecule has 1 aromatic rings. The van der Waals surface area contributed by atoms with Crippen molar-refractivity contribution >= 4 is 33.8 Å². The van der Waals surface area contributed by atoms with Gasteiger partial charge in [-0.15, -0.1) is 11.8 Å². The predicted molar refractivity (Wildman–Crippen MR) is 65.6 cm³/mol. The molecule has 4 nitrogen and oxygen atoms in total. The first-order valence-corrected chi connectivity index (χ1v) is 6.68. The third kappa shape index (κ3) is 3.12. The van der Waals surface area contributed by atoms with Gasteiger partial charge < -0.3 is 9.64 Å². The summed E-state index contributed by atoms with van der Waals surface area (Å²) in [5.74, 6) is 0.854. The zero-order chi connectivity index (χ0) is 11.4. The molecule has 0 saturated carbocycles. The van der Waals surface area contributed by atoms with Crippen LogP contribution in [0.1, 0.15) is 0 Å². The minimum absolute atomic E-state index is 0.201. The normalized spacial score (nSPS) is 15.3. The molecule has 1 fully saturated rings. The molecule has 86 valence electrons. The fraction of sp³-hybridized carbons (Fsp3) is 0.400. The van der Waals surface area contributed by atoms with Gasteiger partial charge in [-0.05, 0) is 22.0 Å². The van der Waals surface area contributed by atoms with Gasteiger partial charge >= 0.3 is 6.09 Å². The van der Waals surface area contributed by atoms with Crippen LogP contribution in [0.4, 0.5) is 4.79 Å². The summed E-state index contributed by atoms with van der Waals surface area (Å²) in [7, 11) is 0. The molecule has 1 aliphatic rings. The highest BCUT2D eigenvalue weighted by Gasteiger charge is 2.20. The third-order valence-electron chi connectivity index (χ3n) is 2.15. The number of amides is 1. The largest absolute Gasteiger partial charge is 0.448 e. The lowest BCUT2D eigenvalue weighted by atomic mass is 10.5. The van der Waals surface area contributed by atoms with Crippen molar-refractivity contribution in [3.05, 3.63) is 22.9 Å². The Morgan fingerprint density at radius 3 is 3.12 bits per heavy atom. The molecular weight excluding hydrogens is 292 g/mol. The standard InChI is InChI=1S/C10H11BrN2O2S/c11-8-5-9(7-12-6-8)16-4-2-13-1-3-15-10(13)14/h5-7H,1-4H2. The molecule has 0 aromatic carbocycles. The number of carbonyl (C=O) groups excluding carboxylic acids is 1. The highest BCUT2D eigenvalue weighted by molar-refractivity contribution is 9.10. The zero-order valence-electron chi connectivity index (χ0n) is 8.56. The van der Waals surface area contributed by atoms with Gasteiger partial charge in [-0.3, -0.25) is 4.98 Å². The Labute approximate surface area is 106 Å². The van der Waals surface area contributed by atoms with Gasteiger partial charge in [-0.2, -0.15) is 0 Å². The molecule has 0 spiro atoms. The molecule has 6 heteroatoms. The van der Waals surface area contributed by atoms with E-state index in [4.69, 9.17) is 4.74 Å². The van der Waals surface area contributed by atoms with Crippen molar-refractivity contribution in [3.63, 3.8) is 0 Å². The lowest BCUT2D eigenvalue weighted by Gasteiger charge is -2.11. The Hall–Kier alpha value is -0.750. The van der Waals surface area contributed by atoms with Gasteiger partial charge in [0.25, 0.3) is 0 Å². The van der Waals surface area contributed by atoms with E-state index in [1.807, 2.05) is 12.3 Å². The van der Waals surface area contributed by atoms with E-state index < -0.39 is 0 Å². The van der Waals surface area contributed by atoms with Gasteiger partial charge in [-0.1, -0.05) is 0 Å². The number of nitrogens with zero attached hydrogens (tertiary/aromatic N) is 2. The Morgan fingerprint density at radius 2 is 2.44 bits per heavy atom. The molecule has 0 unspecified atom stereocenters. The van der Waals surface area contributed by atoms with Crippen LogP contribution in [0.15, 0.2) is 27.8 Å². The Kier molecular flexibility index (Phi) is 4.06. The highest BCUT2D eigenvalue weighted by Crippen LogP contribution is 2.20. The maximum atomic E-state index is 11.1. The molecule has 1 saturated heterocycles. The average molecular weight is 303 g/mol. The number of ether oxygens (including phenoxy) is 1. The summed E-state index contributed by atoms with van der Waals surface area (Å²) in [6, 6.07) is 2.01. The molecule has 1 aromatic heterocycles. The van der Waals surface area contributed by atoms with Crippen molar-refractivity contribution in [1.29, 1.82) is 0 Å². The molecule has 0 atom stereocenters. The van der Waals surface area contributed by atoms with Crippen LogP contribution in [0, 0.1) is 0 Å². The van der Waals surface area contributed by atoms with Gasteiger partial charge in [0.2, 0.25) is 0 Å². The summed E-state index contributed by atoms with van der Waals surface area (Å²) >= 11 is 5.05. The van der Waals surface area contributed by atoms with Gasteiger partial charge in [0.1, 0.15) is 6.61 Å². The van der Waals surface area contributed by atoms with Crippen LogP contribution in [-0.2, 0) is 4.74 Å². The van der Waals surface area contributed by atoms with Crippen LogP contribution in [-0.4, -0.2) is 41.4 Å². The van der Waals surface area contributed by atoms with Gasteiger partial charge in [0, 0.05) is 34.1 Å². The number of cyclic esters (lactones) is 1. The minimum Gasteiger partial charge on any atom is -0.448 e. The number of thioether (sulfide) groups is 1. The number of aromatic nitrogens is 1. The van der Waals surface area contributed by atoms with E-state index >= 15 is 0 Å². The number of hydrogen-bond acceptors (Lipinski definition) is 4. The molecule has 0 radical (unpaired) electrons. The first-order valence-electron chi connectivity index (χ1n) is 4.91. The lowest BCUT2D eigenvalue weighted by Crippen LogP contribution is -2.26. The molecule has 2 rings (SSSR count). The van der Waals surface area contributed by atoms with Gasteiger partial charge in [-0.25, -0.2) is 4.79 Å². The number of carbonyl (C=O) groups is 1. The molecule has 1 aliphatic heterocycles. The summed E-state index contributed by atoms with van der Waals surface area (Å²) < 4.78 is 5.82. The van der Waals surface area contributed by atoms with E-state index in [0.29, 0.717) is 13.2 Å². The van der Waals surface area contributed by atoms with Gasteiger partial charge in [0.05, 0.1) is 6.54 Å². The summed E-state index contributed by atoms with van der Waals surface area (Å²) in [4.78, 5) is 18.0. The summed E-state index contributed by atoms with van der Waals surface area (Å²) in [6.45, 7) is 1.94. The number of pyridine rings is 1. The second-order valence-corrected chi connectivity index (χ2v) is 5.37.